The van der Waals surface area contributed by atoms with Gasteiger partial charge in [0.25, 0.3) is 0 Å². The van der Waals surface area contributed by atoms with E-state index >= 15 is 0 Å². The molecule has 9 nitrogen and oxygen atoms in total. The lowest BCUT2D eigenvalue weighted by Crippen LogP contribution is -2.29. The van der Waals surface area contributed by atoms with Crippen LogP contribution in [0, 0.1) is 26.7 Å². The zero-order chi connectivity index (χ0) is 25.1. The minimum atomic E-state index is -0.698. The summed E-state index contributed by atoms with van der Waals surface area (Å²) < 4.78 is 11.2. The zero-order valence-corrected chi connectivity index (χ0v) is 20.7. The Labute approximate surface area is 205 Å². The molecule has 35 heavy (non-hydrogen) atoms. The summed E-state index contributed by atoms with van der Waals surface area (Å²) >= 11 is 0. The summed E-state index contributed by atoms with van der Waals surface area (Å²) in [4.78, 5) is 9.82. The molecule has 3 atom stereocenters. The molecule has 4 rings (SSSR count). The van der Waals surface area contributed by atoms with Crippen LogP contribution in [0.3, 0.4) is 0 Å². The fourth-order valence-corrected chi connectivity index (χ4v) is 4.70. The molecule has 1 fully saturated rings. The second-order valence-electron chi connectivity index (χ2n) is 9.39. The van der Waals surface area contributed by atoms with E-state index in [0.717, 1.165) is 33.8 Å². The van der Waals surface area contributed by atoms with E-state index in [2.05, 4.69) is 10.5 Å². The Balaban J connectivity index is 1.71. The summed E-state index contributed by atoms with van der Waals surface area (Å²) in [5.74, 6) is 1.97. The normalized spacial score (nSPS) is 19.3. The van der Waals surface area contributed by atoms with E-state index in [9.17, 15) is 15.3 Å². The average Bonchev–Trinajstić information content (AvgIpc) is 3.33. The van der Waals surface area contributed by atoms with Crippen LogP contribution in [-0.4, -0.2) is 69.0 Å². The lowest BCUT2D eigenvalue weighted by Gasteiger charge is -2.16. The highest BCUT2D eigenvalue weighted by Crippen LogP contribution is 2.35. The summed E-state index contributed by atoms with van der Waals surface area (Å²) in [6, 6.07) is 7.49. The number of hydrogen-bond donors (Lipinski definition) is 4. The van der Waals surface area contributed by atoms with Gasteiger partial charge >= 0.3 is 0 Å². The summed E-state index contributed by atoms with van der Waals surface area (Å²) in [5, 5.41) is 37.1. The van der Waals surface area contributed by atoms with E-state index in [1.165, 1.54) is 0 Å². The molecule has 0 bridgehead atoms. The van der Waals surface area contributed by atoms with E-state index in [0.29, 0.717) is 43.1 Å². The van der Waals surface area contributed by atoms with Gasteiger partial charge in [0.2, 0.25) is 0 Å². The maximum absolute atomic E-state index is 10.0. The highest BCUT2D eigenvalue weighted by molar-refractivity contribution is 5.71. The van der Waals surface area contributed by atoms with Gasteiger partial charge in [0.15, 0.2) is 5.82 Å². The summed E-state index contributed by atoms with van der Waals surface area (Å²) in [7, 11) is 1.78. The second kappa shape index (κ2) is 10.8. The van der Waals surface area contributed by atoms with Crippen LogP contribution in [0.5, 0.6) is 5.75 Å². The van der Waals surface area contributed by atoms with Crippen LogP contribution in [0.25, 0.3) is 22.6 Å². The predicted octanol–water partition coefficient (Wildman–Crippen LogP) is 2.36. The van der Waals surface area contributed by atoms with Gasteiger partial charge in [-0.1, -0.05) is 17.3 Å². The maximum Gasteiger partial charge on any atom is 0.160 e. The summed E-state index contributed by atoms with van der Waals surface area (Å²) in [6.07, 6.45) is -0.309. The molecular formula is C26H34N4O5. The number of aliphatic hydroxyl groups is 3. The minimum Gasteiger partial charge on any atom is -0.491 e. The smallest absolute Gasteiger partial charge is 0.160 e. The lowest BCUT2D eigenvalue weighted by atomic mass is 9.95. The van der Waals surface area contributed by atoms with Crippen LogP contribution in [0.15, 0.2) is 28.8 Å². The fourth-order valence-electron chi connectivity index (χ4n) is 4.70. The first-order valence-electron chi connectivity index (χ1n) is 12.0. The molecule has 2 heterocycles. The fraction of sp³-hybridized carbons (Fsp3) is 0.500. The molecule has 2 aromatic heterocycles. The van der Waals surface area contributed by atoms with Crippen LogP contribution in [-0.2, 0) is 6.42 Å². The van der Waals surface area contributed by atoms with Crippen molar-refractivity contribution in [3.63, 3.8) is 0 Å². The molecule has 1 aromatic carbocycles. The van der Waals surface area contributed by atoms with Crippen molar-refractivity contribution < 1.29 is 24.6 Å². The van der Waals surface area contributed by atoms with Crippen LogP contribution in [0.4, 0.5) is 0 Å². The van der Waals surface area contributed by atoms with Crippen LogP contribution in [0.2, 0.25) is 0 Å². The third-order valence-corrected chi connectivity index (χ3v) is 6.57. The van der Waals surface area contributed by atoms with E-state index in [-0.39, 0.29) is 12.5 Å². The van der Waals surface area contributed by atoms with Gasteiger partial charge in [0, 0.05) is 17.8 Å². The van der Waals surface area contributed by atoms with E-state index in [1.807, 2.05) is 45.0 Å². The van der Waals surface area contributed by atoms with Crippen molar-refractivity contribution >= 4 is 0 Å². The van der Waals surface area contributed by atoms with Crippen molar-refractivity contribution in [2.24, 2.45) is 5.92 Å². The van der Waals surface area contributed by atoms with E-state index < -0.39 is 18.3 Å². The number of likely N-dealkylation sites (N-methyl/N-ethyl adjacent to an activating group) is 1. The average molecular weight is 483 g/mol. The Bertz CT molecular complexity index is 1140. The molecule has 1 aliphatic carbocycles. The number of rotatable bonds is 9. The molecule has 1 unspecified atom stereocenters. The van der Waals surface area contributed by atoms with Crippen LogP contribution < -0.4 is 10.1 Å². The molecule has 9 heteroatoms. The van der Waals surface area contributed by atoms with Crippen molar-refractivity contribution in [1.82, 2.24) is 20.4 Å². The standard InChI is InChI=1S/C26H34N4O5/c1-14-21(8-17-9-22(32)23(33)10-17)28-26(29-25(14)24-15(2)30-35-16(24)3)18-6-5-7-20(11-18)34-13-19(31)12-27-4/h5-7,11,17,19,22-23,27,31-33H,8-10,12-13H2,1-4H3/t19?,22-,23-/m1/s1. The highest BCUT2D eigenvalue weighted by atomic mass is 16.5. The number of nitrogens with one attached hydrogen (secondary N) is 1. The molecule has 4 N–H and O–H groups in total. The van der Waals surface area contributed by atoms with Crippen molar-refractivity contribution in [2.45, 2.75) is 58.3 Å². The van der Waals surface area contributed by atoms with Gasteiger partial charge in [-0.15, -0.1) is 0 Å². The highest BCUT2D eigenvalue weighted by Gasteiger charge is 2.32. The van der Waals surface area contributed by atoms with Crippen molar-refractivity contribution in [3.8, 4) is 28.4 Å². The number of ether oxygens (including phenoxy) is 1. The largest absolute Gasteiger partial charge is 0.491 e. The Morgan fingerprint density at radius 2 is 1.89 bits per heavy atom. The summed E-state index contributed by atoms with van der Waals surface area (Å²) in [5.41, 5.74) is 4.95. The number of benzene rings is 1. The van der Waals surface area contributed by atoms with Gasteiger partial charge < -0.3 is 29.9 Å². The molecular weight excluding hydrogens is 448 g/mol. The molecule has 1 aliphatic rings. The second-order valence-corrected chi connectivity index (χ2v) is 9.39. The lowest BCUT2D eigenvalue weighted by molar-refractivity contribution is 0.0438. The molecule has 188 valence electrons. The molecule has 0 spiro atoms. The third kappa shape index (κ3) is 5.70. The number of aromatic nitrogens is 3. The number of aliphatic hydroxyl groups excluding tert-OH is 3. The molecule has 0 radical (unpaired) electrons. The summed E-state index contributed by atoms with van der Waals surface area (Å²) in [6.45, 7) is 6.35. The third-order valence-electron chi connectivity index (χ3n) is 6.57. The first-order valence-corrected chi connectivity index (χ1v) is 12.0. The van der Waals surface area contributed by atoms with Gasteiger partial charge in [-0.3, -0.25) is 0 Å². The Morgan fingerprint density at radius 3 is 2.54 bits per heavy atom. The Kier molecular flexibility index (Phi) is 7.81. The quantitative estimate of drug-likeness (QED) is 0.363. The van der Waals surface area contributed by atoms with Crippen molar-refractivity contribution in [1.29, 1.82) is 0 Å². The number of nitrogens with zero attached hydrogens (tertiary/aromatic N) is 3. The maximum atomic E-state index is 10.0. The first kappa shape index (κ1) is 25.2. The molecule has 0 saturated heterocycles. The van der Waals surface area contributed by atoms with Gasteiger partial charge in [0.05, 0.1) is 29.2 Å². The first-order chi connectivity index (χ1) is 16.8. The monoisotopic (exact) mass is 482 g/mol. The van der Waals surface area contributed by atoms with Crippen molar-refractivity contribution in [3.05, 3.63) is 47.0 Å². The molecule has 3 aromatic rings. The number of aryl methyl sites for hydroxylation is 2. The van der Waals surface area contributed by atoms with Gasteiger partial charge in [-0.2, -0.15) is 0 Å². The zero-order valence-electron chi connectivity index (χ0n) is 20.7. The van der Waals surface area contributed by atoms with Gasteiger partial charge in [-0.05, 0) is 70.7 Å². The van der Waals surface area contributed by atoms with Crippen LogP contribution in [0.1, 0.15) is 35.6 Å². The minimum absolute atomic E-state index is 0.127. The van der Waals surface area contributed by atoms with Gasteiger partial charge in [0.1, 0.15) is 24.2 Å². The molecule has 0 aliphatic heterocycles. The Hall–Kier alpha value is -2.85. The topological polar surface area (TPSA) is 134 Å². The van der Waals surface area contributed by atoms with Crippen LogP contribution >= 0.6 is 0 Å². The molecule has 1 saturated carbocycles. The SMILES string of the molecule is CNCC(O)COc1cccc(-c2nc(CC3C[C@@H](O)[C@H](O)C3)c(C)c(-c3c(C)noc3C)n2)c1. The van der Waals surface area contributed by atoms with E-state index in [1.54, 1.807) is 7.05 Å². The van der Waals surface area contributed by atoms with Crippen molar-refractivity contribution in [2.75, 3.05) is 20.2 Å². The molecule has 0 amide bonds. The number of hydrogen-bond acceptors (Lipinski definition) is 9. The Morgan fingerprint density at radius 1 is 1.14 bits per heavy atom. The predicted molar refractivity (Wildman–Crippen MR) is 131 cm³/mol. The van der Waals surface area contributed by atoms with Gasteiger partial charge in [-0.25, -0.2) is 9.97 Å². The van der Waals surface area contributed by atoms with E-state index in [4.69, 9.17) is 19.2 Å².